The fourth-order valence-electron chi connectivity index (χ4n) is 2.29. The van der Waals surface area contributed by atoms with Crippen molar-refractivity contribution in [3.8, 4) is 0 Å². The SMILES string of the molecule is CNC(=O)COC(=O)[C@@H]1CC(=O)N(c2cccc(C(F)(F)F)c2)C1. The first-order valence-electron chi connectivity index (χ1n) is 7.07. The predicted octanol–water partition coefficient (Wildman–Crippen LogP) is 1.35. The van der Waals surface area contributed by atoms with Gasteiger partial charge in [0.1, 0.15) is 0 Å². The van der Waals surface area contributed by atoms with Gasteiger partial charge in [-0.2, -0.15) is 13.2 Å². The Balaban J connectivity index is 2.07. The number of carbonyl (C=O) groups excluding carboxylic acids is 3. The fourth-order valence-corrected chi connectivity index (χ4v) is 2.29. The van der Waals surface area contributed by atoms with E-state index >= 15 is 0 Å². The summed E-state index contributed by atoms with van der Waals surface area (Å²) in [5.41, 5.74) is -0.810. The lowest BCUT2D eigenvalue weighted by Gasteiger charge is -2.18. The van der Waals surface area contributed by atoms with E-state index in [4.69, 9.17) is 4.74 Å². The quantitative estimate of drug-likeness (QED) is 0.837. The third-order valence-corrected chi connectivity index (χ3v) is 3.57. The first kappa shape index (κ1) is 17.8. The Hall–Kier alpha value is -2.58. The van der Waals surface area contributed by atoms with Crippen LogP contribution in [0, 0.1) is 5.92 Å². The Bertz CT molecular complexity index is 660. The summed E-state index contributed by atoms with van der Waals surface area (Å²) in [6.07, 6.45) is -4.70. The van der Waals surface area contributed by atoms with Gasteiger partial charge in [0, 0.05) is 25.7 Å². The summed E-state index contributed by atoms with van der Waals surface area (Å²) in [6, 6.07) is 4.32. The summed E-state index contributed by atoms with van der Waals surface area (Å²) in [5, 5.41) is 2.27. The van der Waals surface area contributed by atoms with Gasteiger partial charge in [-0.25, -0.2) is 0 Å². The highest BCUT2D eigenvalue weighted by Crippen LogP contribution is 2.33. The molecule has 0 spiro atoms. The third-order valence-electron chi connectivity index (χ3n) is 3.57. The first-order valence-corrected chi connectivity index (χ1v) is 7.07. The molecule has 1 heterocycles. The predicted molar refractivity (Wildman–Crippen MR) is 76.9 cm³/mol. The number of nitrogens with one attached hydrogen (secondary N) is 1. The van der Waals surface area contributed by atoms with Gasteiger partial charge in [-0.15, -0.1) is 0 Å². The second kappa shape index (κ2) is 6.90. The lowest BCUT2D eigenvalue weighted by atomic mass is 10.1. The Kier molecular flexibility index (Phi) is 5.10. The minimum absolute atomic E-state index is 0.0661. The van der Waals surface area contributed by atoms with Crippen LogP contribution < -0.4 is 10.2 Å². The lowest BCUT2D eigenvalue weighted by Crippen LogP contribution is -2.29. The molecule has 0 radical (unpaired) electrons. The summed E-state index contributed by atoms with van der Waals surface area (Å²) < 4.78 is 43.0. The zero-order chi connectivity index (χ0) is 17.9. The van der Waals surface area contributed by atoms with Crippen LogP contribution in [0.4, 0.5) is 18.9 Å². The first-order chi connectivity index (χ1) is 11.2. The van der Waals surface area contributed by atoms with E-state index in [1.807, 2.05) is 0 Å². The second-order valence-corrected chi connectivity index (χ2v) is 5.23. The van der Waals surface area contributed by atoms with Crippen molar-refractivity contribution in [1.29, 1.82) is 0 Å². The molecule has 2 rings (SSSR count). The van der Waals surface area contributed by atoms with Crippen molar-refractivity contribution in [3.63, 3.8) is 0 Å². The zero-order valence-corrected chi connectivity index (χ0v) is 12.7. The normalized spacial score (nSPS) is 17.8. The minimum atomic E-state index is -4.52. The zero-order valence-electron chi connectivity index (χ0n) is 12.7. The largest absolute Gasteiger partial charge is 0.455 e. The van der Waals surface area contributed by atoms with E-state index < -0.39 is 42.0 Å². The van der Waals surface area contributed by atoms with Crippen molar-refractivity contribution >= 4 is 23.5 Å². The molecule has 6 nitrogen and oxygen atoms in total. The van der Waals surface area contributed by atoms with E-state index in [9.17, 15) is 27.6 Å². The van der Waals surface area contributed by atoms with Crippen molar-refractivity contribution < 1.29 is 32.3 Å². The number of ether oxygens (including phenoxy) is 1. The molecule has 0 saturated carbocycles. The molecule has 1 aromatic rings. The van der Waals surface area contributed by atoms with Crippen molar-refractivity contribution in [1.82, 2.24) is 5.32 Å². The van der Waals surface area contributed by atoms with Gasteiger partial charge < -0.3 is 15.0 Å². The molecule has 0 aliphatic carbocycles. The third kappa shape index (κ3) is 4.03. The van der Waals surface area contributed by atoms with E-state index in [1.54, 1.807) is 0 Å². The number of rotatable bonds is 4. The van der Waals surface area contributed by atoms with E-state index in [1.165, 1.54) is 19.2 Å². The van der Waals surface area contributed by atoms with Gasteiger partial charge in [-0.3, -0.25) is 14.4 Å². The molecule has 1 atom stereocenters. The van der Waals surface area contributed by atoms with E-state index in [0.717, 1.165) is 17.0 Å². The average molecular weight is 344 g/mol. The summed E-state index contributed by atoms with van der Waals surface area (Å²) in [6.45, 7) is -0.559. The monoisotopic (exact) mass is 344 g/mol. The van der Waals surface area contributed by atoms with Gasteiger partial charge in [-0.1, -0.05) is 6.07 Å². The van der Waals surface area contributed by atoms with Gasteiger partial charge in [0.25, 0.3) is 5.91 Å². The molecule has 9 heteroatoms. The Morgan fingerprint density at radius 2 is 2.08 bits per heavy atom. The van der Waals surface area contributed by atoms with Crippen LogP contribution in [0.1, 0.15) is 12.0 Å². The topological polar surface area (TPSA) is 75.7 Å². The van der Waals surface area contributed by atoms with Crippen LogP contribution in [-0.2, 0) is 25.3 Å². The molecule has 2 amide bonds. The van der Waals surface area contributed by atoms with Crippen LogP contribution in [0.2, 0.25) is 0 Å². The minimum Gasteiger partial charge on any atom is -0.455 e. The number of benzene rings is 1. The van der Waals surface area contributed by atoms with Gasteiger partial charge in [0.15, 0.2) is 6.61 Å². The van der Waals surface area contributed by atoms with Gasteiger partial charge in [-0.05, 0) is 18.2 Å². The lowest BCUT2D eigenvalue weighted by molar-refractivity contribution is -0.152. The molecule has 130 valence electrons. The molecule has 0 unspecified atom stereocenters. The molecule has 1 fully saturated rings. The molecule has 24 heavy (non-hydrogen) atoms. The molecule has 1 N–H and O–H groups in total. The molecular weight excluding hydrogens is 329 g/mol. The van der Waals surface area contributed by atoms with E-state index in [-0.39, 0.29) is 18.7 Å². The molecule has 1 aliphatic rings. The number of carbonyl (C=O) groups is 3. The van der Waals surface area contributed by atoms with E-state index in [2.05, 4.69) is 5.32 Å². The Labute approximate surface area is 135 Å². The van der Waals surface area contributed by atoms with Crippen LogP contribution in [0.5, 0.6) is 0 Å². The molecule has 1 saturated heterocycles. The van der Waals surface area contributed by atoms with Crippen molar-refractivity contribution in [2.45, 2.75) is 12.6 Å². The maximum atomic E-state index is 12.8. The van der Waals surface area contributed by atoms with E-state index in [0.29, 0.717) is 0 Å². The van der Waals surface area contributed by atoms with Gasteiger partial charge in [0.05, 0.1) is 11.5 Å². The number of nitrogens with zero attached hydrogens (tertiary/aromatic N) is 1. The van der Waals surface area contributed by atoms with Crippen LogP contribution in [0.15, 0.2) is 24.3 Å². The van der Waals surface area contributed by atoms with Gasteiger partial charge >= 0.3 is 12.1 Å². The van der Waals surface area contributed by atoms with Crippen LogP contribution in [0.25, 0.3) is 0 Å². The maximum absolute atomic E-state index is 12.8. The summed E-state index contributed by atoms with van der Waals surface area (Å²) in [4.78, 5) is 36.0. The number of esters is 1. The highest BCUT2D eigenvalue weighted by molar-refractivity contribution is 5.99. The van der Waals surface area contributed by atoms with Crippen LogP contribution in [-0.4, -0.2) is 38.0 Å². The number of hydrogen-bond acceptors (Lipinski definition) is 4. The summed E-state index contributed by atoms with van der Waals surface area (Å²) >= 11 is 0. The van der Waals surface area contributed by atoms with Crippen molar-refractivity contribution in [3.05, 3.63) is 29.8 Å². The number of amides is 2. The molecule has 1 aliphatic heterocycles. The summed E-state index contributed by atoms with van der Waals surface area (Å²) in [5.74, 6) is -2.53. The molecule has 1 aromatic carbocycles. The number of likely N-dealkylation sites (N-methyl/N-ethyl adjacent to an activating group) is 1. The van der Waals surface area contributed by atoms with Crippen LogP contribution in [0.3, 0.4) is 0 Å². The number of alkyl halides is 3. The van der Waals surface area contributed by atoms with Gasteiger partial charge in [0.2, 0.25) is 5.91 Å². The number of hydrogen-bond donors (Lipinski definition) is 1. The standard InChI is InChI=1S/C15H15F3N2O4/c1-19-12(21)8-24-14(23)9-5-13(22)20(7-9)11-4-2-3-10(6-11)15(16,17)18/h2-4,6,9H,5,7-8H2,1H3,(H,19,21)/t9-/m1/s1. The Morgan fingerprint density at radius 3 is 2.71 bits per heavy atom. The molecule has 0 bridgehead atoms. The fraction of sp³-hybridized carbons (Fsp3) is 0.400. The molecular formula is C15H15F3N2O4. The number of anilines is 1. The summed E-state index contributed by atoms with van der Waals surface area (Å²) in [7, 11) is 1.38. The Morgan fingerprint density at radius 1 is 1.38 bits per heavy atom. The van der Waals surface area contributed by atoms with Crippen molar-refractivity contribution in [2.75, 3.05) is 25.1 Å². The second-order valence-electron chi connectivity index (χ2n) is 5.23. The average Bonchev–Trinajstić information content (AvgIpc) is 2.93. The smallest absolute Gasteiger partial charge is 0.416 e. The highest BCUT2D eigenvalue weighted by Gasteiger charge is 2.37. The van der Waals surface area contributed by atoms with Crippen LogP contribution >= 0.6 is 0 Å². The maximum Gasteiger partial charge on any atom is 0.416 e. The molecule has 0 aromatic heterocycles. The highest BCUT2D eigenvalue weighted by atomic mass is 19.4. The number of halogens is 3. The van der Waals surface area contributed by atoms with Crippen molar-refractivity contribution in [2.24, 2.45) is 5.92 Å².